The summed E-state index contributed by atoms with van der Waals surface area (Å²) < 4.78 is 17.7. The zero-order chi connectivity index (χ0) is 12.1. The van der Waals surface area contributed by atoms with E-state index < -0.39 is 11.2 Å². The summed E-state index contributed by atoms with van der Waals surface area (Å²) in [5.41, 5.74) is 1.98. The number of hydrogen-bond acceptors (Lipinski definition) is 2. The molecule has 0 aliphatic rings. The van der Waals surface area contributed by atoms with E-state index in [9.17, 15) is 4.55 Å². The van der Waals surface area contributed by atoms with Gasteiger partial charge < -0.3 is 8.97 Å². The lowest BCUT2D eigenvalue weighted by atomic mass is 10.2. The molecule has 17 heavy (non-hydrogen) atoms. The van der Waals surface area contributed by atoms with Crippen molar-refractivity contribution in [2.75, 3.05) is 0 Å². The van der Waals surface area contributed by atoms with Gasteiger partial charge in [0.25, 0.3) is 0 Å². The van der Waals surface area contributed by atoms with Gasteiger partial charge in [0, 0.05) is 15.6 Å². The molecular formula is C13H11BrO2S. The van der Waals surface area contributed by atoms with E-state index in [4.69, 9.17) is 4.42 Å². The molecule has 1 atom stereocenters. The van der Waals surface area contributed by atoms with Crippen molar-refractivity contribution in [2.45, 2.75) is 5.75 Å². The lowest BCUT2D eigenvalue weighted by Gasteiger charge is -2.05. The van der Waals surface area contributed by atoms with E-state index in [1.807, 2.05) is 30.3 Å². The summed E-state index contributed by atoms with van der Waals surface area (Å²) in [5, 5.41) is 1.69. The minimum Gasteiger partial charge on any atom is -0.612 e. The maximum atomic E-state index is 11.8. The predicted octanol–water partition coefficient (Wildman–Crippen LogP) is 3.96. The van der Waals surface area contributed by atoms with Crippen LogP contribution in [0.3, 0.4) is 0 Å². The number of rotatable bonds is 4. The Morgan fingerprint density at radius 2 is 2.00 bits per heavy atom. The van der Waals surface area contributed by atoms with Gasteiger partial charge in [-0.2, -0.15) is 0 Å². The van der Waals surface area contributed by atoms with Crippen LogP contribution in [0.1, 0.15) is 11.1 Å². The van der Waals surface area contributed by atoms with Crippen LogP contribution < -0.4 is 0 Å². The van der Waals surface area contributed by atoms with Gasteiger partial charge in [-0.05, 0) is 35.5 Å². The average molecular weight is 311 g/mol. The van der Waals surface area contributed by atoms with Gasteiger partial charge in [0.1, 0.15) is 11.2 Å². The summed E-state index contributed by atoms with van der Waals surface area (Å²) in [4.78, 5) is 0. The molecule has 1 unspecified atom stereocenters. The van der Waals surface area contributed by atoms with Gasteiger partial charge in [-0.3, -0.25) is 0 Å². The summed E-state index contributed by atoms with van der Waals surface area (Å²) in [6, 6.07) is 9.66. The van der Waals surface area contributed by atoms with Crippen LogP contribution in [0.5, 0.6) is 0 Å². The van der Waals surface area contributed by atoms with Gasteiger partial charge >= 0.3 is 0 Å². The summed E-state index contributed by atoms with van der Waals surface area (Å²) in [6.07, 6.45) is 5.02. The summed E-state index contributed by atoms with van der Waals surface area (Å²) >= 11 is 2.37. The lowest BCUT2D eigenvalue weighted by Crippen LogP contribution is -1.99. The standard InChI is InChI=1S/C13H11BrO2S/c14-13-3-1-12(2-4-13)10-17(15)8-6-11-5-7-16-9-11/h1-9H,10H2. The highest BCUT2D eigenvalue weighted by atomic mass is 79.9. The molecule has 2 aromatic rings. The highest BCUT2D eigenvalue weighted by Crippen LogP contribution is 2.14. The predicted molar refractivity (Wildman–Crippen MR) is 73.7 cm³/mol. The molecule has 88 valence electrons. The average Bonchev–Trinajstić information content (AvgIpc) is 2.83. The van der Waals surface area contributed by atoms with Crippen molar-refractivity contribution in [2.24, 2.45) is 0 Å². The number of halogens is 1. The molecule has 0 aliphatic heterocycles. The monoisotopic (exact) mass is 310 g/mol. The minimum absolute atomic E-state index is 0.529. The second-order valence-electron chi connectivity index (χ2n) is 3.51. The molecule has 0 saturated carbocycles. The maximum absolute atomic E-state index is 11.8. The SMILES string of the molecule is [O-][S+](C=Cc1ccoc1)Cc1ccc(Br)cc1. The van der Waals surface area contributed by atoms with Crippen LogP contribution >= 0.6 is 15.9 Å². The fourth-order valence-corrected chi connectivity index (χ4v) is 2.51. The molecule has 0 bridgehead atoms. The van der Waals surface area contributed by atoms with Crippen molar-refractivity contribution in [3.05, 3.63) is 63.9 Å². The molecule has 0 radical (unpaired) electrons. The highest BCUT2D eigenvalue weighted by Gasteiger charge is 2.03. The molecular weight excluding hydrogens is 300 g/mol. The molecule has 0 N–H and O–H groups in total. The third-order valence-electron chi connectivity index (χ3n) is 2.18. The molecule has 0 amide bonds. The molecule has 0 fully saturated rings. The Morgan fingerprint density at radius 1 is 1.24 bits per heavy atom. The first-order chi connectivity index (χ1) is 8.24. The molecule has 0 aliphatic carbocycles. The van der Waals surface area contributed by atoms with Gasteiger partial charge in [-0.1, -0.05) is 28.1 Å². The van der Waals surface area contributed by atoms with Crippen LogP contribution in [-0.2, 0) is 16.9 Å². The summed E-state index contributed by atoms with van der Waals surface area (Å²) in [6.45, 7) is 0. The van der Waals surface area contributed by atoms with Gasteiger partial charge in [0.15, 0.2) is 0 Å². The number of hydrogen-bond donors (Lipinski definition) is 0. The van der Waals surface area contributed by atoms with Crippen molar-refractivity contribution in [1.82, 2.24) is 0 Å². The van der Waals surface area contributed by atoms with E-state index in [-0.39, 0.29) is 0 Å². The smallest absolute Gasteiger partial charge is 0.135 e. The van der Waals surface area contributed by atoms with Crippen LogP contribution in [0.4, 0.5) is 0 Å². The molecule has 2 nitrogen and oxygen atoms in total. The Bertz CT molecular complexity index is 477. The van der Waals surface area contributed by atoms with Crippen LogP contribution in [0.15, 0.2) is 57.2 Å². The molecule has 2 rings (SSSR count). The van der Waals surface area contributed by atoms with Crippen molar-refractivity contribution < 1.29 is 8.97 Å². The molecule has 4 heteroatoms. The zero-order valence-corrected chi connectivity index (χ0v) is 11.4. The highest BCUT2D eigenvalue weighted by molar-refractivity contribution is 9.10. The van der Waals surface area contributed by atoms with Gasteiger partial charge in [-0.25, -0.2) is 0 Å². The Morgan fingerprint density at radius 3 is 2.65 bits per heavy atom. The molecule has 0 saturated heterocycles. The first-order valence-electron chi connectivity index (χ1n) is 5.06. The van der Waals surface area contributed by atoms with Crippen molar-refractivity contribution in [3.8, 4) is 0 Å². The fraction of sp³-hybridized carbons (Fsp3) is 0.0769. The van der Waals surface area contributed by atoms with E-state index in [0.717, 1.165) is 15.6 Å². The minimum atomic E-state index is -1.000. The Labute approximate surface area is 112 Å². The first kappa shape index (κ1) is 12.5. The van der Waals surface area contributed by atoms with Gasteiger partial charge in [-0.15, -0.1) is 0 Å². The van der Waals surface area contributed by atoms with Crippen LogP contribution in [-0.4, -0.2) is 4.55 Å². The molecule has 1 heterocycles. The van der Waals surface area contributed by atoms with Gasteiger partial charge in [0.05, 0.1) is 12.5 Å². The normalized spacial score (nSPS) is 13.1. The van der Waals surface area contributed by atoms with E-state index in [1.54, 1.807) is 24.0 Å². The zero-order valence-electron chi connectivity index (χ0n) is 9.01. The lowest BCUT2D eigenvalue weighted by molar-refractivity contribution is 0.567. The molecule has 1 aromatic heterocycles. The first-order valence-corrected chi connectivity index (χ1v) is 7.23. The fourth-order valence-electron chi connectivity index (χ4n) is 1.32. The third kappa shape index (κ3) is 4.07. The van der Waals surface area contributed by atoms with Crippen molar-refractivity contribution in [1.29, 1.82) is 0 Å². The van der Waals surface area contributed by atoms with Gasteiger partial charge in [0.2, 0.25) is 0 Å². The Balaban J connectivity index is 1.93. The van der Waals surface area contributed by atoms with E-state index in [1.165, 1.54) is 0 Å². The third-order valence-corrected chi connectivity index (χ3v) is 3.76. The molecule has 1 aromatic carbocycles. The van der Waals surface area contributed by atoms with E-state index in [2.05, 4.69) is 15.9 Å². The van der Waals surface area contributed by atoms with Crippen LogP contribution in [0.25, 0.3) is 6.08 Å². The summed E-state index contributed by atoms with van der Waals surface area (Å²) in [7, 11) is 0. The van der Waals surface area contributed by atoms with Crippen molar-refractivity contribution >= 4 is 33.2 Å². The quantitative estimate of drug-likeness (QED) is 0.801. The second-order valence-corrected chi connectivity index (χ2v) is 5.75. The molecule has 0 spiro atoms. The largest absolute Gasteiger partial charge is 0.612 e. The Hall–Kier alpha value is -0.970. The number of furan rings is 1. The number of benzene rings is 1. The summed E-state index contributed by atoms with van der Waals surface area (Å²) in [5.74, 6) is 0.529. The second kappa shape index (κ2) is 6.10. The van der Waals surface area contributed by atoms with Crippen LogP contribution in [0, 0.1) is 0 Å². The maximum Gasteiger partial charge on any atom is 0.135 e. The van der Waals surface area contributed by atoms with E-state index >= 15 is 0 Å². The van der Waals surface area contributed by atoms with Crippen LogP contribution in [0.2, 0.25) is 0 Å². The van der Waals surface area contributed by atoms with E-state index in [0.29, 0.717) is 5.75 Å². The Kier molecular flexibility index (Phi) is 4.48. The topological polar surface area (TPSA) is 36.2 Å². The van der Waals surface area contributed by atoms with Crippen molar-refractivity contribution in [3.63, 3.8) is 0 Å².